The van der Waals surface area contributed by atoms with Crippen LogP contribution in [0.15, 0.2) is 10.4 Å². The predicted octanol–water partition coefficient (Wildman–Crippen LogP) is 0.754. The van der Waals surface area contributed by atoms with E-state index < -0.39 is 0 Å². The van der Waals surface area contributed by atoms with Crippen LogP contribution in [0.1, 0.15) is 25.5 Å². The fourth-order valence-electron chi connectivity index (χ4n) is 1.50. The van der Waals surface area contributed by atoms with Crippen molar-refractivity contribution in [2.45, 2.75) is 27.3 Å². The van der Waals surface area contributed by atoms with Crippen molar-refractivity contribution in [2.75, 3.05) is 0 Å². The van der Waals surface area contributed by atoms with Crippen molar-refractivity contribution in [1.82, 2.24) is 14.5 Å². The van der Waals surface area contributed by atoms with Crippen LogP contribution in [0.2, 0.25) is 0 Å². The largest absolute Gasteiger partial charge is 0.351 e. The second kappa shape index (κ2) is 2.52. The monoisotopic (exact) mass is 177 g/mol. The lowest BCUT2D eigenvalue weighted by molar-refractivity contribution is 0.694. The molecule has 0 fully saturated rings. The number of hydrogen-bond donors (Lipinski definition) is 0. The second-order valence-corrected chi connectivity index (χ2v) is 3.37. The Labute approximate surface area is 76.0 Å². The molecule has 1 aliphatic heterocycles. The zero-order valence-corrected chi connectivity index (χ0v) is 7.96. The molecule has 0 aromatic carbocycles. The molecular weight excluding hydrogens is 166 g/mol. The Hall–Kier alpha value is -1.45. The summed E-state index contributed by atoms with van der Waals surface area (Å²) in [5.74, 6) is 1.32. The van der Waals surface area contributed by atoms with E-state index in [0.29, 0.717) is 12.4 Å². The number of aromatic nitrogens is 3. The normalized spacial score (nSPS) is 15.0. The lowest BCUT2D eigenvalue weighted by Crippen LogP contribution is -2.25. The van der Waals surface area contributed by atoms with Gasteiger partial charge in [-0.1, -0.05) is 0 Å². The third-order valence-corrected chi connectivity index (χ3v) is 2.38. The summed E-state index contributed by atoms with van der Waals surface area (Å²) in [6.07, 6.45) is 0. The molecule has 4 nitrogen and oxygen atoms in total. The van der Waals surface area contributed by atoms with E-state index in [1.807, 2.05) is 13.8 Å². The van der Waals surface area contributed by atoms with Crippen LogP contribution in [0, 0.1) is 6.92 Å². The van der Waals surface area contributed by atoms with Crippen molar-refractivity contribution in [3.63, 3.8) is 0 Å². The number of rotatable bonds is 0. The molecule has 1 aliphatic rings. The summed E-state index contributed by atoms with van der Waals surface area (Å²) in [4.78, 5) is 19.4. The number of nitrogens with zero attached hydrogens (tertiary/aromatic N) is 3. The number of fused-ring (bicyclic) bond motifs is 1. The van der Waals surface area contributed by atoms with Crippen molar-refractivity contribution in [1.29, 1.82) is 0 Å². The fourth-order valence-corrected chi connectivity index (χ4v) is 1.50. The minimum atomic E-state index is -0.196. The lowest BCUT2D eigenvalue weighted by atomic mass is 10.2. The van der Waals surface area contributed by atoms with E-state index in [4.69, 9.17) is 0 Å². The van der Waals surface area contributed by atoms with Gasteiger partial charge in [-0.2, -0.15) is 4.98 Å². The molecule has 0 bridgehead atoms. The summed E-state index contributed by atoms with van der Waals surface area (Å²) >= 11 is 0. The molecule has 0 spiro atoms. The van der Waals surface area contributed by atoms with Crippen molar-refractivity contribution < 1.29 is 0 Å². The quantitative estimate of drug-likeness (QED) is 0.587. The Morgan fingerprint density at radius 1 is 1.23 bits per heavy atom. The van der Waals surface area contributed by atoms with E-state index >= 15 is 0 Å². The Bertz CT molecular complexity index is 456. The van der Waals surface area contributed by atoms with Crippen LogP contribution >= 0.6 is 0 Å². The Morgan fingerprint density at radius 2 is 1.92 bits per heavy atom. The molecule has 0 N–H and O–H groups in total. The first kappa shape index (κ1) is 8.16. The molecule has 2 heterocycles. The standard InChI is InChI=1S/C9H11N3O/c1-5-4-12-8(6(5)2)10-7(3)11-9(12)13/h4H2,1-3H3. The van der Waals surface area contributed by atoms with Crippen LogP contribution in [0.25, 0.3) is 5.57 Å². The first-order chi connectivity index (χ1) is 6.09. The van der Waals surface area contributed by atoms with Crippen molar-refractivity contribution in [3.8, 4) is 0 Å². The maximum absolute atomic E-state index is 11.4. The molecule has 13 heavy (non-hydrogen) atoms. The summed E-state index contributed by atoms with van der Waals surface area (Å²) in [5.41, 5.74) is 2.10. The summed E-state index contributed by atoms with van der Waals surface area (Å²) in [6.45, 7) is 6.38. The molecule has 1 aromatic heterocycles. The van der Waals surface area contributed by atoms with Crippen LogP contribution in [0.4, 0.5) is 0 Å². The minimum absolute atomic E-state index is 0.196. The Balaban J connectivity index is 2.74. The molecule has 0 atom stereocenters. The lowest BCUT2D eigenvalue weighted by Gasteiger charge is -2.01. The highest BCUT2D eigenvalue weighted by molar-refractivity contribution is 5.64. The highest BCUT2D eigenvalue weighted by Crippen LogP contribution is 2.22. The van der Waals surface area contributed by atoms with E-state index in [1.54, 1.807) is 11.5 Å². The van der Waals surface area contributed by atoms with Gasteiger partial charge in [0.15, 0.2) is 0 Å². The maximum Gasteiger partial charge on any atom is 0.351 e. The molecule has 68 valence electrons. The van der Waals surface area contributed by atoms with Gasteiger partial charge in [-0.05, 0) is 31.9 Å². The number of aryl methyl sites for hydroxylation is 1. The van der Waals surface area contributed by atoms with Crippen LogP contribution < -0.4 is 5.69 Å². The van der Waals surface area contributed by atoms with Crippen LogP contribution in [0.3, 0.4) is 0 Å². The van der Waals surface area contributed by atoms with Crippen molar-refractivity contribution in [2.24, 2.45) is 0 Å². The van der Waals surface area contributed by atoms with E-state index in [0.717, 1.165) is 11.4 Å². The highest BCUT2D eigenvalue weighted by Gasteiger charge is 2.18. The topological polar surface area (TPSA) is 47.8 Å². The molecule has 4 heteroatoms. The smallest absolute Gasteiger partial charge is 0.272 e. The van der Waals surface area contributed by atoms with Gasteiger partial charge in [-0.25, -0.2) is 9.78 Å². The number of hydrogen-bond acceptors (Lipinski definition) is 3. The van der Waals surface area contributed by atoms with Gasteiger partial charge in [0.25, 0.3) is 0 Å². The van der Waals surface area contributed by atoms with Crippen LogP contribution in [-0.4, -0.2) is 14.5 Å². The summed E-state index contributed by atoms with van der Waals surface area (Å²) in [5, 5.41) is 0. The van der Waals surface area contributed by atoms with Gasteiger partial charge in [0.2, 0.25) is 0 Å². The average molecular weight is 177 g/mol. The van der Waals surface area contributed by atoms with E-state index in [-0.39, 0.29) is 5.69 Å². The van der Waals surface area contributed by atoms with E-state index in [2.05, 4.69) is 9.97 Å². The zero-order valence-electron chi connectivity index (χ0n) is 7.96. The SMILES string of the molecule is CC1=C(C)c2nc(C)nc(=O)n2C1. The second-order valence-electron chi connectivity index (χ2n) is 3.37. The molecule has 0 unspecified atom stereocenters. The zero-order chi connectivity index (χ0) is 9.59. The maximum atomic E-state index is 11.4. The number of allylic oxidation sites excluding steroid dienone is 2. The molecule has 0 saturated heterocycles. The first-order valence-corrected chi connectivity index (χ1v) is 4.22. The molecular formula is C9H11N3O. The minimum Gasteiger partial charge on any atom is -0.272 e. The van der Waals surface area contributed by atoms with Gasteiger partial charge in [-0.15, -0.1) is 0 Å². The van der Waals surface area contributed by atoms with Gasteiger partial charge in [0, 0.05) is 0 Å². The molecule has 1 aromatic rings. The fraction of sp³-hybridized carbons (Fsp3) is 0.444. The van der Waals surface area contributed by atoms with E-state index in [1.165, 1.54) is 5.57 Å². The predicted molar refractivity (Wildman–Crippen MR) is 49.3 cm³/mol. The highest BCUT2D eigenvalue weighted by atomic mass is 16.1. The van der Waals surface area contributed by atoms with Gasteiger partial charge < -0.3 is 0 Å². The molecule has 0 saturated carbocycles. The summed E-state index contributed by atoms with van der Waals surface area (Å²) < 4.78 is 1.61. The first-order valence-electron chi connectivity index (χ1n) is 4.22. The Morgan fingerprint density at radius 3 is 2.62 bits per heavy atom. The summed E-state index contributed by atoms with van der Waals surface area (Å²) in [7, 11) is 0. The molecule has 0 aliphatic carbocycles. The third kappa shape index (κ3) is 1.09. The van der Waals surface area contributed by atoms with Crippen LogP contribution in [0.5, 0.6) is 0 Å². The molecule has 0 amide bonds. The summed E-state index contributed by atoms with van der Waals surface area (Å²) in [6, 6.07) is 0. The van der Waals surface area contributed by atoms with Gasteiger partial charge in [0.1, 0.15) is 11.6 Å². The van der Waals surface area contributed by atoms with E-state index in [9.17, 15) is 4.79 Å². The van der Waals surface area contributed by atoms with Gasteiger partial charge in [-0.3, -0.25) is 4.57 Å². The third-order valence-electron chi connectivity index (χ3n) is 2.38. The van der Waals surface area contributed by atoms with Gasteiger partial charge >= 0.3 is 5.69 Å². The Kier molecular flexibility index (Phi) is 1.58. The van der Waals surface area contributed by atoms with Crippen LogP contribution in [-0.2, 0) is 6.54 Å². The van der Waals surface area contributed by atoms with Gasteiger partial charge in [0.05, 0.1) is 6.54 Å². The van der Waals surface area contributed by atoms with Crippen molar-refractivity contribution in [3.05, 3.63) is 27.7 Å². The van der Waals surface area contributed by atoms with Crippen molar-refractivity contribution >= 4 is 5.57 Å². The average Bonchev–Trinajstić information content (AvgIpc) is 2.32. The molecule has 0 radical (unpaired) electrons. The molecule has 2 rings (SSSR count).